The van der Waals surface area contributed by atoms with Crippen LogP contribution in [0.25, 0.3) is 22.0 Å². The summed E-state index contributed by atoms with van der Waals surface area (Å²) in [7, 11) is 1.55. The van der Waals surface area contributed by atoms with E-state index in [1.165, 1.54) is 6.07 Å². The van der Waals surface area contributed by atoms with E-state index in [2.05, 4.69) is 9.97 Å². The summed E-state index contributed by atoms with van der Waals surface area (Å²) < 4.78 is 19.1. The third kappa shape index (κ3) is 2.12. The number of ether oxygens (including phenoxy) is 1. The fraction of sp³-hybridized carbons (Fsp3) is 0.0667. The van der Waals surface area contributed by atoms with Crippen LogP contribution in [0.5, 0.6) is 5.88 Å². The summed E-state index contributed by atoms with van der Waals surface area (Å²) in [5.41, 5.74) is 1.87. The molecule has 0 radical (unpaired) electrons. The van der Waals surface area contributed by atoms with Crippen LogP contribution in [0.3, 0.4) is 0 Å². The lowest BCUT2D eigenvalue weighted by molar-refractivity contribution is 0.398. The molecule has 3 aromatic rings. The third-order valence-electron chi connectivity index (χ3n) is 2.95. The summed E-state index contributed by atoms with van der Waals surface area (Å²) in [4.78, 5) is 8.22. The maximum absolute atomic E-state index is 14.1. The van der Waals surface area contributed by atoms with Gasteiger partial charge in [-0.2, -0.15) is 0 Å². The van der Waals surface area contributed by atoms with E-state index < -0.39 is 0 Å². The minimum absolute atomic E-state index is 0.307. The van der Waals surface area contributed by atoms with Gasteiger partial charge in [0.15, 0.2) is 0 Å². The van der Waals surface area contributed by atoms with Crippen LogP contribution in [0.2, 0.25) is 0 Å². The number of hydrogen-bond donors (Lipinski definition) is 0. The molecule has 0 unspecified atom stereocenters. The molecule has 0 N–H and O–H groups in total. The number of nitrogens with zero attached hydrogens (tertiary/aromatic N) is 2. The van der Waals surface area contributed by atoms with Gasteiger partial charge in [-0.25, -0.2) is 9.37 Å². The molecule has 0 bridgehead atoms. The van der Waals surface area contributed by atoms with Crippen LogP contribution in [0, 0.1) is 5.82 Å². The zero-order valence-corrected chi connectivity index (χ0v) is 10.3. The van der Waals surface area contributed by atoms with Crippen molar-refractivity contribution in [3.05, 3.63) is 54.6 Å². The first-order valence-corrected chi connectivity index (χ1v) is 5.82. The van der Waals surface area contributed by atoms with Crippen LogP contribution in [-0.2, 0) is 0 Å². The van der Waals surface area contributed by atoms with Crippen LogP contribution in [0.15, 0.2) is 48.8 Å². The zero-order chi connectivity index (χ0) is 13.2. The highest BCUT2D eigenvalue weighted by Crippen LogP contribution is 2.27. The minimum atomic E-state index is -0.307. The van der Waals surface area contributed by atoms with E-state index >= 15 is 0 Å². The molecule has 2 aromatic heterocycles. The number of methoxy groups -OCH3 is 1. The first-order chi connectivity index (χ1) is 9.28. The molecule has 3 rings (SSSR count). The Bertz CT molecular complexity index is 726. The van der Waals surface area contributed by atoms with Crippen LogP contribution < -0.4 is 4.74 Å². The van der Waals surface area contributed by atoms with E-state index in [1.54, 1.807) is 37.7 Å². The lowest BCUT2D eigenvalue weighted by Gasteiger charge is -2.06. The number of hydrogen-bond acceptors (Lipinski definition) is 3. The van der Waals surface area contributed by atoms with E-state index in [0.717, 1.165) is 5.39 Å². The van der Waals surface area contributed by atoms with Crippen molar-refractivity contribution in [1.29, 1.82) is 0 Å². The van der Waals surface area contributed by atoms with E-state index in [4.69, 9.17) is 4.74 Å². The average molecular weight is 254 g/mol. The van der Waals surface area contributed by atoms with Crippen molar-refractivity contribution >= 4 is 10.9 Å². The van der Waals surface area contributed by atoms with Gasteiger partial charge >= 0.3 is 0 Å². The maximum Gasteiger partial charge on any atom is 0.212 e. The predicted molar refractivity (Wildman–Crippen MR) is 71.5 cm³/mol. The SMILES string of the molecule is COc1ccc(-c2cc3cccnc3cc2F)cn1. The average Bonchev–Trinajstić information content (AvgIpc) is 2.47. The molecular formula is C15H11FN2O. The normalized spacial score (nSPS) is 10.6. The topological polar surface area (TPSA) is 35.0 Å². The number of aromatic nitrogens is 2. The van der Waals surface area contributed by atoms with Gasteiger partial charge in [-0.1, -0.05) is 6.07 Å². The highest BCUT2D eigenvalue weighted by atomic mass is 19.1. The van der Waals surface area contributed by atoms with Crippen LogP contribution in [-0.4, -0.2) is 17.1 Å². The van der Waals surface area contributed by atoms with E-state index in [9.17, 15) is 4.39 Å². The maximum atomic E-state index is 14.1. The fourth-order valence-corrected chi connectivity index (χ4v) is 1.98. The van der Waals surface area contributed by atoms with Crippen molar-refractivity contribution in [3.8, 4) is 17.0 Å². The minimum Gasteiger partial charge on any atom is -0.481 e. The molecule has 0 saturated carbocycles. The van der Waals surface area contributed by atoms with E-state index in [0.29, 0.717) is 22.5 Å². The largest absolute Gasteiger partial charge is 0.481 e. The van der Waals surface area contributed by atoms with E-state index in [1.807, 2.05) is 12.1 Å². The summed E-state index contributed by atoms with van der Waals surface area (Å²) in [6, 6.07) is 10.4. The van der Waals surface area contributed by atoms with Crippen molar-refractivity contribution in [1.82, 2.24) is 9.97 Å². The quantitative estimate of drug-likeness (QED) is 0.702. The van der Waals surface area contributed by atoms with Crippen molar-refractivity contribution in [2.45, 2.75) is 0 Å². The molecule has 19 heavy (non-hydrogen) atoms. The Kier molecular flexibility index (Phi) is 2.83. The summed E-state index contributed by atoms with van der Waals surface area (Å²) in [5.74, 6) is 0.199. The number of pyridine rings is 2. The first-order valence-electron chi connectivity index (χ1n) is 5.82. The van der Waals surface area contributed by atoms with Gasteiger partial charge in [0.05, 0.1) is 12.6 Å². The standard InChI is InChI=1S/C15H11FN2O/c1-19-15-5-4-11(9-18-15)12-7-10-3-2-6-17-14(10)8-13(12)16/h2-9H,1H3. The van der Waals surface area contributed by atoms with Crippen molar-refractivity contribution < 1.29 is 9.13 Å². The highest BCUT2D eigenvalue weighted by Gasteiger charge is 2.08. The Morgan fingerprint density at radius 3 is 2.74 bits per heavy atom. The molecule has 1 aromatic carbocycles. The van der Waals surface area contributed by atoms with Gasteiger partial charge < -0.3 is 4.74 Å². The Morgan fingerprint density at radius 2 is 2.00 bits per heavy atom. The molecule has 94 valence electrons. The summed E-state index contributed by atoms with van der Waals surface area (Å²) >= 11 is 0. The second-order valence-corrected chi connectivity index (χ2v) is 4.12. The van der Waals surface area contributed by atoms with Crippen LogP contribution >= 0.6 is 0 Å². The smallest absolute Gasteiger partial charge is 0.212 e. The molecule has 2 heterocycles. The fourth-order valence-electron chi connectivity index (χ4n) is 1.98. The molecule has 0 fully saturated rings. The third-order valence-corrected chi connectivity index (χ3v) is 2.95. The lowest BCUT2D eigenvalue weighted by Crippen LogP contribution is -1.90. The summed E-state index contributed by atoms with van der Waals surface area (Å²) in [6.07, 6.45) is 3.25. The lowest BCUT2D eigenvalue weighted by atomic mass is 10.0. The number of benzene rings is 1. The van der Waals surface area contributed by atoms with Crippen molar-refractivity contribution in [3.63, 3.8) is 0 Å². The molecule has 0 atom stereocenters. The molecule has 3 nitrogen and oxygen atoms in total. The summed E-state index contributed by atoms with van der Waals surface area (Å²) in [6.45, 7) is 0. The van der Waals surface area contributed by atoms with Crippen molar-refractivity contribution in [2.24, 2.45) is 0 Å². The second-order valence-electron chi connectivity index (χ2n) is 4.12. The van der Waals surface area contributed by atoms with E-state index in [-0.39, 0.29) is 5.82 Å². The van der Waals surface area contributed by atoms with Gasteiger partial charge in [0, 0.05) is 41.0 Å². The molecular weight excluding hydrogens is 243 g/mol. The molecule has 0 aliphatic rings. The molecule has 0 aliphatic heterocycles. The molecule has 0 amide bonds. The number of fused-ring (bicyclic) bond motifs is 1. The molecule has 0 aliphatic carbocycles. The molecule has 0 spiro atoms. The number of halogens is 1. The van der Waals surface area contributed by atoms with Crippen LogP contribution in [0.1, 0.15) is 0 Å². The van der Waals surface area contributed by atoms with Gasteiger partial charge in [-0.15, -0.1) is 0 Å². The summed E-state index contributed by atoms with van der Waals surface area (Å²) in [5, 5.41) is 0.898. The van der Waals surface area contributed by atoms with Gasteiger partial charge in [-0.05, 0) is 18.2 Å². The van der Waals surface area contributed by atoms with Crippen LogP contribution in [0.4, 0.5) is 4.39 Å². The Labute approximate surface area is 109 Å². The first kappa shape index (κ1) is 11.6. The Hall–Kier alpha value is -2.49. The number of rotatable bonds is 2. The second kappa shape index (κ2) is 4.65. The van der Waals surface area contributed by atoms with Gasteiger partial charge in [-0.3, -0.25) is 4.98 Å². The van der Waals surface area contributed by atoms with Gasteiger partial charge in [0.1, 0.15) is 5.82 Å². The van der Waals surface area contributed by atoms with Gasteiger partial charge in [0.2, 0.25) is 5.88 Å². The molecule has 0 saturated heterocycles. The monoisotopic (exact) mass is 254 g/mol. The van der Waals surface area contributed by atoms with Crippen molar-refractivity contribution in [2.75, 3.05) is 7.11 Å². The molecule has 4 heteroatoms. The highest BCUT2D eigenvalue weighted by molar-refractivity contribution is 5.84. The predicted octanol–water partition coefficient (Wildman–Crippen LogP) is 3.44. The Morgan fingerprint density at radius 1 is 1.11 bits per heavy atom. The van der Waals surface area contributed by atoms with Gasteiger partial charge in [0.25, 0.3) is 0 Å². The zero-order valence-electron chi connectivity index (χ0n) is 10.3. The Balaban J connectivity index is 2.15.